The van der Waals surface area contributed by atoms with E-state index in [4.69, 9.17) is 13.7 Å². The predicted molar refractivity (Wildman–Crippen MR) is 139 cm³/mol. The summed E-state index contributed by atoms with van der Waals surface area (Å²) in [5, 5.41) is 0.187. The molecule has 31 heavy (non-hydrogen) atoms. The molecule has 1 aliphatic heterocycles. The van der Waals surface area contributed by atoms with E-state index in [1.807, 2.05) is 0 Å². The van der Waals surface area contributed by atoms with Crippen molar-refractivity contribution in [1.29, 1.82) is 0 Å². The molecule has 0 saturated carbocycles. The molecule has 1 saturated heterocycles. The largest absolute Gasteiger partial charge is 0.490 e. The summed E-state index contributed by atoms with van der Waals surface area (Å²) < 4.78 is 19.3. The number of rotatable bonds is 9. The normalized spacial score (nSPS) is 20.0. The predicted octanol–water partition coefficient (Wildman–Crippen LogP) is 8.04. The van der Waals surface area contributed by atoms with Crippen molar-refractivity contribution < 1.29 is 13.7 Å². The van der Waals surface area contributed by atoms with Crippen LogP contribution < -0.4 is 0 Å². The Bertz CT molecular complexity index is 689. The fraction of sp³-hybridized carbons (Fsp3) is 0.769. The molecule has 1 fully saturated rings. The molecule has 0 radical (unpaired) electrons. The highest BCUT2D eigenvalue weighted by atomic mass is 28.4. The topological polar surface area (TPSA) is 27.7 Å². The van der Waals surface area contributed by atoms with Crippen LogP contribution in [0.1, 0.15) is 95.4 Å². The summed E-state index contributed by atoms with van der Waals surface area (Å²) in [5.41, 5.74) is 4.58. The zero-order valence-corrected chi connectivity index (χ0v) is 23.8. The standard InChI is InChI=1S/C26H49BO3Si/c1-20(2)15-14-16-21(3)17-18-23(19-28-31(12,13)24(5,6)7)22(4)27-29-25(8,9)26(10,11)30-27/h15,17H,14,16,18-19H2,1-13H3/b21-17+,23-22+. The summed E-state index contributed by atoms with van der Waals surface area (Å²) in [6.45, 7) is 29.3. The molecule has 0 aromatic heterocycles. The van der Waals surface area contributed by atoms with Gasteiger partial charge < -0.3 is 13.7 Å². The molecule has 1 heterocycles. The maximum atomic E-state index is 6.62. The third kappa shape index (κ3) is 8.03. The van der Waals surface area contributed by atoms with E-state index < -0.39 is 8.32 Å². The van der Waals surface area contributed by atoms with Crippen LogP contribution in [0.15, 0.2) is 34.3 Å². The second-order valence-corrected chi connectivity index (χ2v) is 16.8. The monoisotopic (exact) mass is 448 g/mol. The van der Waals surface area contributed by atoms with Crippen LogP contribution in [0.3, 0.4) is 0 Å². The minimum atomic E-state index is -1.84. The van der Waals surface area contributed by atoms with Crippen molar-refractivity contribution in [1.82, 2.24) is 0 Å². The van der Waals surface area contributed by atoms with Crippen molar-refractivity contribution in [3.8, 4) is 0 Å². The third-order valence-electron chi connectivity index (χ3n) is 7.37. The van der Waals surface area contributed by atoms with E-state index in [2.05, 4.69) is 101 Å². The van der Waals surface area contributed by atoms with Crippen molar-refractivity contribution in [3.05, 3.63) is 34.3 Å². The van der Waals surface area contributed by atoms with Crippen LogP contribution in [0.5, 0.6) is 0 Å². The minimum Gasteiger partial charge on any atom is -0.413 e. The van der Waals surface area contributed by atoms with Gasteiger partial charge in [0.1, 0.15) is 0 Å². The van der Waals surface area contributed by atoms with Gasteiger partial charge in [0.2, 0.25) is 0 Å². The molecule has 3 nitrogen and oxygen atoms in total. The van der Waals surface area contributed by atoms with Crippen LogP contribution in [0.2, 0.25) is 18.1 Å². The summed E-state index contributed by atoms with van der Waals surface area (Å²) in [5.74, 6) is 0. The lowest BCUT2D eigenvalue weighted by atomic mass is 9.75. The van der Waals surface area contributed by atoms with Crippen molar-refractivity contribution in [2.45, 2.75) is 125 Å². The van der Waals surface area contributed by atoms with E-state index >= 15 is 0 Å². The molecule has 0 aromatic carbocycles. The van der Waals surface area contributed by atoms with E-state index in [0.29, 0.717) is 6.61 Å². The zero-order chi connectivity index (χ0) is 24.3. The molecule has 178 valence electrons. The van der Waals surface area contributed by atoms with Gasteiger partial charge in [0, 0.05) is 0 Å². The summed E-state index contributed by atoms with van der Waals surface area (Å²) >= 11 is 0. The van der Waals surface area contributed by atoms with Crippen molar-refractivity contribution in [2.24, 2.45) is 0 Å². The highest BCUT2D eigenvalue weighted by Gasteiger charge is 2.52. The van der Waals surface area contributed by atoms with Crippen molar-refractivity contribution >= 4 is 15.4 Å². The first kappa shape index (κ1) is 28.4. The van der Waals surface area contributed by atoms with Gasteiger partial charge in [-0.25, -0.2) is 0 Å². The Morgan fingerprint density at radius 2 is 1.45 bits per heavy atom. The van der Waals surface area contributed by atoms with E-state index in [9.17, 15) is 0 Å². The Morgan fingerprint density at radius 3 is 1.90 bits per heavy atom. The maximum absolute atomic E-state index is 6.62. The van der Waals surface area contributed by atoms with E-state index in [1.165, 1.54) is 16.7 Å². The van der Waals surface area contributed by atoms with Gasteiger partial charge in [-0.15, -0.1) is 0 Å². The van der Waals surface area contributed by atoms with E-state index in [1.54, 1.807) is 0 Å². The van der Waals surface area contributed by atoms with Crippen LogP contribution >= 0.6 is 0 Å². The van der Waals surface area contributed by atoms with Gasteiger partial charge in [-0.3, -0.25) is 0 Å². The molecule has 0 spiro atoms. The van der Waals surface area contributed by atoms with Gasteiger partial charge in [-0.2, -0.15) is 0 Å². The Labute approximate surface area is 195 Å². The molecule has 0 amide bonds. The first-order chi connectivity index (χ1) is 13.9. The fourth-order valence-corrected chi connectivity index (χ4v) is 3.96. The fourth-order valence-electron chi connectivity index (χ4n) is 2.99. The zero-order valence-electron chi connectivity index (χ0n) is 22.8. The quantitative estimate of drug-likeness (QED) is 0.264. The second kappa shape index (κ2) is 10.5. The molecule has 5 heteroatoms. The van der Waals surface area contributed by atoms with E-state index in [0.717, 1.165) is 24.7 Å². The first-order valence-electron chi connectivity index (χ1n) is 11.9. The lowest BCUT2D eigenvalue weighted by Gasteiger charge is -2.36. The Hall–Kier alpha value is -0.618. The summed E-state index contributed by atoms with van der Waals surface area (Å²) in [4.78, 5) is 0. The van der Waals surface area contributed by atoms with Gasteiger partial charge in [0.15, 0.2) is 8.32 Å². The Morgan fingerprint density at radius 1 is 0.935 bits per heavy atom. The van der Waals surface area contributed by atoms with Gasteiger partial charge >= 0.3 is 7.12 Å². The van der Waals surface area contributed by atoms with Crippen LogP contribution in [0.25, 0.3) is 0 Å². The Balaban J connectivity index is 3.10. The second-order valence-electron chi connectivity index (χ2n) is 12.0. The summed E-state index contributed by atoms with van der Waals surface area (Å²) in [7, 11) is -2.16. The van der Waals surface area contributed by atoms with Crippen LogP contribution in [-0.4, -0.2) is 33.2 Å². The number of hydrogen-bond donors (Lipinski definition) is 0. The lowest BCUT2D eigenvalue weighted by molar-refractivity contribution is 0.00578. The van der Waals surface area contributed by atoms with Crippen LogP contribution in [-0.2, 0) is 13.7 Å². The molecule has 0 N–H and O–H groups in total. The average Bonchev–Trinajstić information content (AvgIpc) is 2.80. The van der Waals surface area contributed by atoms with Gasteiger partial charge in [0.25, 0.3) is 0 Å². The van der Waals surface area contributed by atoms with Crippen LogP contribution in [0.4, 0.5) is 0 Å². The lowest BCUT2D eigenvalue weighted by Crippen LogP contribution is -2.41. The summed E-state index contributed by atoms with van der Waals surface area (Å²) in [6.07, 6.45) is 7.74. The van der Waals surface area contributed by atoms with E-state index in [-0.39, 0.29) is 23.4 Å². The number of allylic oxidation sites excluding steroid dienone is 5. The van der Waals surface area contributed by atoms with Gasteiger partial charge in [0.05, 0.1) is 17.8 Å². The molecule has 0 aromatic rings. The molecular weight excluding hydrogens is 399 g/mol. The highest BCUT2D eigenvalue weighted by Crippen LogP contribution is 2.40. The molecule has 0 atom stereocenters. The maximum Gasteiger partial charge on any atom is 0.490 e. The van der Waals surface area contributed by atoms with Crippen molar-refractivity contribution in [3.63, 3.8) is 0 Å². The molecule has 1 rings (SSSR count). The summed E-state index contributed by atoms with van der Waals surface area (Å²) in [6, 6.07) is 0. The minimum absolute atomic E-state index is 0.187. The highest BCUT2D eigenvalue weighted by molar-refractivity contribution is 6.74. The van der Waals surface area contributed by atoms with Gasteiger partial charge in [-0.1, -0.05) is 44.1 Å². The average molecular weight is 449 g/mol. The number of hydrogen-bond acceptors (Lipinski definition) is 3. The van der Waals surface area contributed by atoms with Gasteiger partial charge in [-0.05, 0) is 104 Å². The third-order valence-corrected chi connectivity index (χ3v) is 11.8. The molecule has 1 aliphatic rings. The van der Waals surface area contributed by atoms with Crippen molar-refractivity contribution in [2.75, 3.05) is 6.61 Å². The SMILES string of the molecule is CC(C)=CCC/C(C)=C/C/C(CO[Si](C)(C)C(C)(C)C)=C(/C)B1OC(C)(C)C(C)(C)O1. The first-order valence-corrected chi connectivity index (χ1v) is 14.8. The van der Waals surface area contributed by atoms with Crippen LogP contribution in [0, 0.1) is 0 Å². The molecule has 0 bridgehead atoms. The molecule has 0 aliphatic carbocycles. The molecular formula is C26H49BO3Si. The molecule has 0 unspecified atom stereocenters. The Kier molecular flexibility index (Phi) is 9.66. The smallest absolute Gasteiger partial charge is 0.413 e.